The van der Waals surface area contributed by atoms with Gasteiger partial charge < -0.3 is 5.73 Å². The van der Waals surface area contributed by atoms with Crippen molar-refractivity contribution in [3.8, 4) is 11.1 Å². The topological polar surface area (TPSA) is 38.9 Å². The summed E-state index contributed by atoms with van der Waals surface area (Å²) in [6.07, 6.45) is 3.60. The molecule has 2 nitrogen and oxygen atoms in total. The van der Waals surface area contributed by atoms with Crippen LogP contribution in [-0.2, 0) is 0 Å². The van der Waals surface area contributed by atoms with Gasteiger partial charge in [-0.15, -0.1) is 0 Å². The fourth-order valence-corrected chi connectivity index (χ4v) is 2.07. The lowest BCUT2D eigenvalue weighted by atomic mass is 10.00. The van der Waals surface area contributed by atoms with Gasteiger partial charge in [0.15, 0.2) is 0 Å². The van der Waals surface area contributed by atoms with E-state index < -0.39 is 0 Å². The monoisotopic (exact) mass is 220 g/mol. The van der Waals surface area contributed by atoms with Crippen molar-refractivity contribution in [3.63, 3.8) is 0 Å². The van der Waals surface area contributed by atoms with Crippen LogP contribution in [0.25, 0.3) is 21.9 Å². The van der Waals surface area contributed by atoms with Gasteiger partial charge in [0.25, 0.3) is 0 Å². The average Bonchev–Trinajstić information content (AvgIpc) is 2.40. The molecule has 0 saturated carbocycles. The highest BCUT2D eigenvalue weighted by atomic mass is 14.6. The summed E-state index contributed by atoms with van der Waals surface area (Å²) < 4.78 is 0. The van der Waals surface area contributed by atoms with Crippen LogP contribution < -0.4 is 5.73 Å². The van der Waals surface area contributed by atoms with E-state index in [1.165, 1.54) is 0 Å². The normalized spacial score (nSPS) is 10.6. The number of aromatic nitrogens is 1. The zero-order valence-corrected chi connectivity index (χ0v) is 9.30. The third-order valence-electron chi connectivity index (χ3n) is 2.94. The van der Waals surface area contributed by atoms with Crippen LogP contribution in [0.15, 0.2) is 60.9 Å². The smallest absolute Gasteiger partial charge is 0.0473 e. The SMILES string of the molecule is Nc1c(-c2cccnc2)ccc2ccccc12. The molecule has 1 heterocycles. The number of anilines is 1. The number of benzene rings is 2. The molecule has 2 heteroatoms. The molecule has 0 saturated heterocycles. The van der Waals surface area contributed by atoms with E-state index in [1.54, 1.807) is 6.20 Å². The van der Waals surface area contributed by atoms with E-state index in [0.717, 1.165) is 27.6 Å². The first-order valence-electron chi connectivity index (χ1n) is 5.54. The molecule has 2 N–H and O–H groups in total. The summed E-state index contributed by atoms with van der Waals surface area (Å²) >= 11 is 0. The maximum absolute atomic E-state index is 6.22. The van der Waals surface area contributed by atoms with Gasteiger partial charge in [-0.2, -0.15) is 0 Å². The maximum Gasteiger partial charge on any atom is 0.0473 e. The standard InChI is InChI=1S/C15H12N2/c16-15-13-6-2-1-4-11(13)7-8-14(15)12-5-3-9-17-10-12/h1-10H,16H2. The fourth-order valence-electron chi connectivity index (χ4n) is 2.07. The first-order chi connectivity index (χ1) is 8.36. The number of nitrogen functional groups attached to an aromatic ring is 1. The summed E-state index contributed by atoms with van der Waals surface area (Å²) in [5.41, 5.74) is 9.13. The van der Waals surface area contributed by atoms with E-state index in [9.17, 15) is 0 Å². The van der Waals surface area contributed by atoms with Crippen molar-refractivity contribution in [3.05, 3.63) is 60.9 Å². The highest BCUT2D eigenvalue weighted by molar-refractivity contribution is 6.00. The second-order valence-electron chi connectivity index (χ2n) is 3.99. The quantitative estimate of drug-likeness (QED) is 0.637. The van der Waals surface area contributed by atoms with E-state index in [1.807, 2.05) is 36.5 Å². The van der Waals surface area contributed by atoms with Crippen molar-refractivity contribution in [1.82, 2.24) is 4.98 Å². The Labute approximate surface area is 99.7 Å². The number of nitrogens with zero attached hydrogens (tertiary/aromatic N) is 1. The average molecular weight is 220 g/mol. The van der Waals surface area contributed by atoms with Crippen molar-refractivity contribution in [2.24, 2.45) is 0 Å². The van der Waals surface area contributed by atoms with Crippen LogP contribution in [0.4, 0.5) is 5.69 Å². The van der Waals surface area contributed by atoms with E-state index in [0.29, 0.717) is 0 Å². The van der Waals surface area contributed by atoms with Crippen molar-refractivity contribution in [1.29, 1.82) is 0 Å². The third kappa shape index (κ3) is 1.64. The van der Waals surface area contributed by atoms with E-state index in [2.05, 4.69) is 23.2 Å². The lowest BCUT2D eigenvalue weighted by Gasteiger charge is -2.08. The Morgan fingerprint density at radius 2 is 1.76 bits per heavy atom. The van der Waals surface area contributed by atoms with Gasteiger partial charge in [0.05, 0.1) is 0 Å². The number of pyridine rings is 1. The molecule has 0 aliphatic rings. The summed E-state index contributed by atoms with van der Waals surface area (Å²) in [7, 11) is 0. The van der Waals surface area contributed by atoms with Crippen molar-refractivity contribution < 1.29 is 0 Å². The predicted molar refractivity (Wildman–Crippen MR) is 71.6 cm³/mol. The molecule has 0 aliphatic carbocycles. The molecule has 3 aromatic rings. The zero-order chi connectivity index (χ0) is 11.7. The molecule has 82 valence electrons. The van der Waals surface area contributed by atoms with Crippen molar-refractivity contribution in [2.75, 3.05) is 5.73 Å². The molecule has 2 aromatic carbocycles. The van der Waals surface area contributed by atoms with Crippen molar-refractivity contribution >= 4 is 16.5 Å². The van der Waals surface area contributed by atoms with Gasteiger partial charge >= 0.3 is 0 Å². The third-order valence-corrected chi connectivity index (χ3v) is 2.94. The molecule has 0 amide bonds. The first kappa shape index (κ1) is 9.85. The molecule has 3 rings (SSSR count). The molecule has 0 atom stereocenters. The van der Waals surface area contributed by atoms with Gasteiger partial charge in [0.1, 0.15) is 0 Å². The molecule has 17 heavy (non-hydrogen) atoms. The Hall–Kier alpha value is -2.35. The Kier molecular flexibility index (Phi) is 2.26. The molecule has 0 unspecified atom stereocenters. The molecule has 0 aliphatic heterocycles. The van der Waals surface area contributed by atoms with Gasteiger partial charge in [0.2, 0.25) is 0 Å². The predicted octanol–water partition coefficient (Wildman–Crippen LogP) is 3.48. The van der Waals surface area contributed by atoms with Gasteiger partial charge in [0, 0.05) is 34.6 Å². The number of nitrogens with two attached hydrogens (primary N) is 1. The van der Waals surface area contributed by atoms with Gasteiger partial charge in [-0.05, 0) is 11.5 Å². The Morgan fingerprint density at radius 1 is 0.882 bits per heavy atom. The molecule has 0 radical (unpaired) electrons. The minimum atomic E-state index is 0.816. The van der Waals surface area contributed by atoms with Crippen LogP contribution in [0.5, 0.6) is 0 Å². The van der Waals surface area contributed by atoms with E-state index in [-0.39, 0.29) is 0 Å². The summed E-state index contributed by atoms with van der Waals surface area (Å²) in [6.45, 7) is 0. The van der Waals surface area contributed by atoms with Crippen LogP contribution in [0, 0.1) is 0 Å². The summed E-state index contributed by atoms with van der Waals surface area (Å²) in [5.74, 6) is 0. The van der Waals surface area contributed by atoms with E-state index >= 15 is 0 Å². The van der Waals surface area contributed by atoms with Gasteiger partial charge in [-0.3, -0.25) is 4.98 Å². The minimum Gasteiger partial charge on any atom is -0.398 e. The second kappa shape index (κ2) is 3.91. The number of hydrogen-bond donors (Lipinski definition) is 1. The van der Waals surface area contributed by atoms with Gasteiger partial charge in [-0.1, -0.05) is 42.5 Å². The fraction of sp³-hybridized carbons (Fsp3) is 0. The highest BCUT2D eigenvalue weighted by Crippen LogP contribution is 2.31. The highest BCUT2D eigenvalue weighted by Gasteiger charge is 2.05. The summed E-state index contributed by atoms with van der Waals surface area (Å²) in [6, 6.07) is 16.2. The number of hydrogen-bond acceptors (Lipinski definition) is 2. The van der Waals surface area contributed by atoms with Gasteiger partial charge in [-0.25, -0.2) is 0 Å². The Balaban J connectivity index is 2.29. The molecule has 0 fully saturated rings. The molecular formula is C15H12N2. The summed E-state index contributed by atoms with van der Waals surface area (Å²) in [5, 5.41) is 2.26. The number of rotatable bonds is 1. The lowest BCUT2D eigenvalue weighted by Crippen LogP contribution is -1.92. The molecule has 0 bridgehead atoms. The van der Waals surface area contributed by atoms with Crippen molar-refractivity contribution in [2.45, 2.75) is 0 Å². The molecule has 0 spiro atoms. The van der Waals surface area contributed by atoms with Crippen LogP contribution in [0.1, 0.15) is 0 Å². The first-order valence-corrected chi connectivity index (χ1v) is 5.54. The Bertz CT molecular complexity index is 660. The van der Waals surface area contributed by atoms with Crippen LogP contribution >= 0.6 is 0 Å². The van der Waals surface area contributed by atoms with Crippen LogP contribution in [0.3, 0.4) is 0 Å². The van der Waals surface area contributed by atoms with Crippen LogP contribution in [0.2, 0.25) is 0 Å². The lowest BCUT2D eigenvalue weighted by molar-refractivity contribution is 1.33. The maximum atomic E-state index is 6.22. The Morgan fingerprint density at radius 3 is 2.59 bits per heavy atom. The second-order valence-corrected chi connectivity index (χ2v) is 3.99. The van der Waals surface area contributed by atoms with E-state index in [4.69, 9.17) is 5.73 Å². The zero-order valence-electron chi connectivity index (χ0n) is 9.30. The number of fused-ring (bicyclic) bond motifs is 1. The summed E-state index contributed by atoms with van der Waals surface area (Å²) in [4.78, 5) is 4.13. The largest absolute Gasteiger partial charge is 0.398 e. The molecular weight excluding hydrogens is 208 g/mol. The van der Waals surface area contributed by atoms with Crippen LogP contribution in [-0.4, -0.2) is 4.98 Å². The minimum absolute atomic E-state index is 0.816. The molecule has 1 aromatic heterocycles.